The summed E-state index contributed by atoms with van der Waals surface area (Å²) in [5, 5.41) is 11.9. The Kier molecular flexibility index (Phi) is 5.89. The van der Waals surface area contributed by atoms with E-state index < -0.39 is 15.8 Å². The molecule has 5 nitrogen and oxygen atoms in total. The standard InChI is InChI=1S/C12H14FN3O2S.ClH/c13-12-2-1-11(7-9(12)8-14)19(17,18)16-10-3-5-15-6-4-10;/h1-2,7,10,15-16H,3-6H2;1H. The lowest BCUT2D eigenvalue weighted by molar-refractivity contribution is 0.427. The van der Waals surface area contributed by atoms with Gasteiger partial charge >= 0.3 is 0 Å². The first kappa shape index (κ1) is 16.9. The summed E-state index contributed by atoms with van der Waals surface area (Å²) in [4.78, 5) is -0.0796. The van der Waals surface area contributed by atoms with E-state index >= 15 is 0 Å². The minimum absolute atomic E-state index is 0. The molecule has 2 rings (SSSR count). The average Bonchev–Trinajstić information content (AvgIpc) is 2.39. The number of nitriles is 1. The summed E-state index contributed by atoms with van der Waals surface area (Å²) in [6.45, 7) is 1.53. The van der Waals surface area contributed by atoms with Crippen molar-refractivity contribution >= 4 is 22.4 Å². The van der Waals surface area contributed by atoms with Crippen molar-refractivity contribution in [1.29, 1.82) is 5.26 Å². The smallest absolute Gasteiger partial charge is 0.240 e. The fourth-order valence-electron chi connectivity index (χ4n) is 1.98. The van der Waals surface area contributed by atoms with Crippen molar-refractivity contribution in [2.45, 2.75) is 23.8 Å². The van der Waals surface area contributed by atoms with Crippen molar-refractivity contribution in [3.8, 4) is 6.07 Å². The van der Waals surface area contributed by atoms with Crippen molar-refractivity contribution in [1.82, 2.24) is 10.0 Å². The van der Waals surface area contributed by atoms with Crippen LogP contribution >= 0.6 is 12.4 Å². The number of hydrogen-bond donors (Lipinski definition) is 2. The maximum atomic E-state index is 13.2. The topological polar surface area (TPSA) is 82.0 Å². The molecule has 110 valence electrons. The third-order valence-corrected chi connectivity index (χ3v) is 4.55. The summed E-state index contributed by atoms with van der Waals surface area (Å²) in [6.07, 6.45) is 1.43. The molecule has 0 atom stereocenters. The van der Waals surface area contributed by atoms with Crippen LogP contribution in [0.5, 0.6) is 0 Å². The van der Waals surface area contributed by atoms with Crippen LogP contribution in [0.15, 0.2) is 23.1 Å². The predicted octanol–water partition coefficient (Wildman–Crippen LogP) is 1.15. The molecule has 0 radical (unpaired) electrons. The number of hydrogen-bond acceptors (Lipinski definition) is 4. The number of nitrogens with one attached hydrogen (secondary N) is 2. The first-order valence-corrected chi connectivity index (χ1v) is 7.44. The lowest BCUT2D eigenvalue weighted by Gasteiger charge is -2.23. The second-order valence-electron chi connectivity index (χ2n) is 4.40. The minimum Gasteiger partial charge on any atom is -0.317 e. The summed E-state index contributed by atoms with van der Waals surface area (Å²) in [5.41, 5.74) is -0.270. The normalized spacial score (nSPS) is 16.2. The third-order valence-electron chi connectivity index (χ3n) is 3.03. The molecule has 1 aromatic carbocycles. The maximum absolute atomic E-state index is 13.2. The Morgan fingerprint density at radius 3 is 2.60 bits per heavy atom. The molecule has 20 heavy (non-hydrogen) atoms. The molecule has 0 saturated carbocycles. The van der Waals surface area contributed by atoms with Crippen LogP contribution in [-0.2, 0) is 10.0 Å². The fraction of sp³-hybridized carbons (Fsp3) is 0.417. The number of benzene rings is 1. The van der Waals surface area contributed by atoms with Crippen molar-refractivity contribution in [3.63, 3.8) is 0 Å². The van der Waals surface area contributed by atoms with Gasteiger partial charge in [-0.1, -0.05) is 0 Å². The number of sulfonamides is 1. The molecule has 0 spiro atoms. The second-order valence-corrected chi connectivity index (χ2v) is 6.11. The fourth-order valence-corrected chi connectivity index (χ4v) is 3.32. The molecule has 1 fully saturated rings. The van der Waals surface area contributed by atoms with Gasteiger partial charge in [-0.05, 0) is 44.1 Å². The number of nitrogens with zero attached hydrogens (tertiary/aromatic N) is 1. The summed E-state index contributed by atoms with van der Waals surface area (Å²) >= 11 is 0. The molecule has 0 bridgehead atoms. The first-order valence-electron chi connectivity index (χ1n) is 5.95. The molecule has 1 saturated heterocycles. The molecule has 0 aliphatic carbocycles. The van der Waals surface area contributed by atoms with E-state index in [-0.39, 0.29) is 28.9 Å². The van der Waals surface area contributed by atoms with Gasteiger partial charge in [0.15, 0.2) is 0 Å². The molecule has 2 N–H and O–H groups in total. The Morgan fingerprint density at radius 1 is 1.35 bits per heavy atom. The van der Waals surface area contributed by atoms with Gasteiger partial charge in [0.25, 0.3) is 0 Å². The Hall–Kier alpha value is -1.20. The van der Waals surface area contributed by atoms with Gasteiger partial charge in [0.2, 0.25) is 10.0 Å². The van der Waals surface area contributed by atoms with Gasteiger partial charge in [-0.3, -0.25) is 0 Å². The monoisotopic (exact) mass is 319 g/mol. The van der Waals surface area contributed by atoms with E-state index in [4.69, 9.17) is 5.26 Å². The summed E-state index contributed by atoms with van der Waals surface area (Å²) in [7, 11) is -3.70. The van der Waals surface area contributed by atoms with E-state index in [0.717, 1.165) is 25.2 Å². The lowest BCUT2D eigenvalue weighted by atomic mass is 10.1. The Balaban J connectivity index is 0.00000200. The molecule has 0 amide bonds. The summed E-state index contributed by atoms with van der Waals surface area (Å²) in [5.74, 6) is -0.719. The second kappa shape index (κ2) is 6.99. The van der Waals surface area contributed by atoms with Gasteiger partial charge in [0.05, 0.1) is 10.5 Å². The van der Waals surface area contributed by atoms with Crippen LogP contribution in [0.25, 0.3) is 0 Å². The van der Waals surface area contributed by atoms with Gasteiger partial charge < -0.3 is 5.32 Å². The van der Waals surface area contributed by atoms with Crippen molar-refractivity contribution in [2.24, 2.45) is 0 Å². The van der Waals surface area contributed by atoms with Crippen molar-refractivity contribution < 1.29 is 12.8 Å². The van der Waals surface area contributed by atoms with E-state index in [1.165, 1.54) is 6.07 Å². The first-order chi connectivity index (χ1) is 9.03. The lowest BCUT2D eigenvalue weighted by Crippen LogP contribution is -2.42. The molecular formula is C12H15ClFN3O2S. The van der Waals surface area contributed by atoms with Gasteiger partial charge in [-0.25, -0.2) is 17.5 Å². The average molecular weight is 320 g/mol. The third kappa shape index (κ3) is 3.90. The summed E-state index contributed by atoms with van der Waals surface area (Å²) in [6, 6.07) is 4.73. The van der Waals surface area contributed by atoms with Gasteiger partial charge in [0, 0.05) is 6.04 Å². The molecule has 8 heteroatoms. The molecule has 0 aromatic heterocycles. The van der Waals surface area contributed by atoms with Crippen LogP contribution < -0.4 is 10.0 Å². The highest BCUT2D eigenvalue weighted by molar-refractivity contribution is 7.89. The Bertz CT molecular complexity index is 610. The van der Waals surface area contributed by atoms with Crippen LogP contribution in [0.4, 0.5) is 4.39 Å². The highest BCUT2D eigenvalue weighted by Crippen LogP contribution is 2.16. The number of piperidine rings is 1. The van der Waals surface area contributed by atoms with Crippen LogP contribution in [0.1, 0.15) is 18.4 Å². The SMILES string of the molecule is Cl.N#Cc1cc(S(=O)(=O)NC2CCNCC2)ccc1F. The number of halogens is 2. The highest BCUT2D eigenvalue weighted by Gasteiger charge is 2.22. The van der Waals surface area contributed by atoms with Crippen LogP contribution in [0, 0.1) is 17.1 Å². The van der Waals surface area contributed by atoms with E-state index in [1.54, 1.807) is 6.07 Å². The van der Waals surface area contributed by atoms with Crippen LogP contribution in [0.2, 0.25) is 0 Å². The quantitative estimate of drug-likeness (QED) is 0.875. The van der Waals surface area contributed by atoms with E-state index in [0.29, 0.717) is 12.8 Å². The molecular weight excluding hydrogens is 305 g/mol. The number of rotatable bonds is 3. The van der Waals surface area contributed by atoms with Crippen molar-refractivity contribution in [2.75, 3.05) is 13.1 Å². The van der Waals surface area contributed by atoms with Crippen molar-refractivity contribution in [3.05, 3.63) is 29.6 Å². The predicted molar refractivity (Wildman–Crippen MR) is 74.6 cm³/mol. The van der Waals surface area contributed by atoms with E-state index in [9.17, 15) is 12.8 Å². The molecule has 1 aromatic rings. The van der Waals surface area contributed by atoms with Crippen LogP contribution in [0.3, 0.4) is 0 Å². The Morgan fingerprint density at radius 2 is 2.00 bits per heavy atom. The zero-order valence-electron chi connectivity index (χ0n) is 10.6. The van der Waals surface area contributed by atoms with Gasteiger partial charge in [-0.15, -0.1) is 12.4 Å². The van der Waals surface area contributed by atoms with Gasteiger partial charge in [0.1, 0.15) is 11.9 Å². The zero-order chi connectivity index (χ0) is 13.9. The highest BCUT2D eigenvalue weighted by atomic mass is 35.5. The molecule has 1 aliphatic rings. The molecule has 1 aliphatic heterocycles. The van der Waals surface area contributed by atoms with Gasteiger partial charge in [-0.2, -0.15) is 5.26 Å². The molecule has 1 heterocycles. The van der Waals surface area contributed by atoms with E-state index in [2.05, 4.69) is 10.0 Å². The molecule has 0 unspecified atom stereocenters. The minimum atomic E-state index is -3.70. The summed E-state index contributed by atoms with van der Waals surface area (Å²) < 4.78 is 40.0. The van der Waals surface area contributed by atoms with Crippen LogP contribution in [-0.4, -0.2) is 27.5 Å². The maximum Gasteiger partial charge on any atom is 0.240 e. The Labute approximate surface area is 123 Å². The zero-order valence-corrected chi connectivity index (χ0v) is 12.2. The largest absolute Gasteiger partial charge is 0.317 e. The van der Waals surface area contributed by atoms with E-state index in [1.807, 2.05) is 0 Å².